The van der Waals surface area contributed by atoms with E-state index in [1.54, 1.807) is 22.8 Å². The number of ether oxygens (including phenoxy) is 2. The summed E-state index contributed by atoms with van der Waals surface area (Å²) in [4.78, 5) is 18.9. The van der Waals surface area contributed by atoms with Crippen LogP contribution < -0.4 is 5.32 Å². The summed E-state index contributed by atoms with van der Waals surface area (Å²) in [6.07, 6.45) is 3.38. The number of carbonyl (C=O) groups is 1. The van der Waals surface area contributed by atoms with Gasteiger partial charge in [0.2, 0.25) is 15.0 Å². The fraction of sp³-hybridized carbons (Fsp3) is 0.583. The van der Waals surface area contributed by atoms with E-state index in [0.29, 0.717) is 37.6 Å². The van der Waals surface area contributed by atoms with Crippen molar-refractivity contribution in [3.63, 3.8) is 0 Å². The van der Waals surface area contributed by atoms with Crippen molar-refractivity contribution in [1.82, 2.24) is 19.8 Å². The summed E-state index contributed by atoms with van der Waals surface area (Å²) in [5.74, 6) is -0.149. The van der Waals surface area contributed by atoms with Gasteiger partial charge in [0.05, 0.1) is 36.9 Å². The number of urea groups is 1. The molecule has 10 heteroatoms. The number of nitrogens with one attached hydrogen (secondary N) is 1. The number of imidazole rings is 1. The van der Waals surface area contributed by atoms with E-state index < -0.39 is 9.84 Å². The lowest BCUT2D eigenvalue weighted by Gasteiger charge is -2.27. The predicted octanol–water partition coefficient (Wildman–Crippen LogP) is 2.91. The van der Waals surface area contributed by atoms with Gasteiger partial charge in [-0.25, -0.2) is 18.2 Å². The first-order valence-corrected chi connectivity index (χ1v) is 13.3. The number of hydrogen-bond acceptors (Lipinski definition) is 6. The Hall–Kier alpha value is -2.43. The monoisotopic (exact) mass is 492 g/mol. The summed E-state index contributed by atoms with van der Waals surface area (Å²) in [6, 6.07) is 7.18. The molecule has 0 bridgehead atoms. The quantitative estimate of drug-likeness (QED) is 0.517. The molecule has 1 aromatic heterocycles. The lowest BCUT2D eigenvalue weighted by atomic mass is 10.2. The Morgan fingerprint density at radius 3 is 2.68 bits per heavy atom. The maximum Gasteiger partial charge on any atom is 0.318 e. The smallest absolute Gasteiger partial charge is 0.318 e. The Balaban J connectivity index is 1.88. The van der Waals surface area contributed by atoms with Crippen LogP contribution in [0.4, 0.5) is 4.79 Å². The lowest BCUT2D eigenvalue weighted by molar-refractivity contribution is 0.0782. The number of carbonyl (C=O) groups excluding carboxylic acids is 1. The van der Waals surface area contributed by atoms with Gasteiger partial charge in [-0.3, -0.25) is 0 Å². The largest absolute Gasteiger partial charge is 0.383 e. The molecule has 1 saturated heterocycles. The Morgan fingerprint density at radius 1 is 1.32 bits per heavy atom. The van der Waals surface area contributed by atoms with E-state index in [0.717, 1.165) is 18.4 Å². The van der Waals surface area contributed by atoms with Gasteiger partial charge in [0.1, 0.15) is 0 Å². The Bertz CT molecular complexity index is 1040. The van der Waals surface area contributed by atoms with Crippen LogP contribution in [-0.4, -0.2) is 67.9 Å². The normalized spacial score (nSPS) is 16.2. The molecule has 1 atom stereocenters. The number of benzene rings is 1. The van der Waals surface area contributed by atoms with Crippen molar-refractivity contribution in [2.24, 2.45) is 0 Å². The van der Waals surface area contributed by atoms with Crippen molar-refractivity contribution >= 4 is 15.9 Å². The van der Waals surface area contributed by atoms with Crippen molar-refractivity contribution in [3.8, 4) is 0 Å². The van der Waals surface area contributed by atoms with Crippen LogP contribution in [0.25, 0.3) is 0 Å². The zero-order valence-corrected chi connectivity index (χ0v) is 21.3. The van der Waals surface area contributed by atoms with Crippen LogP contribution >= 0.6 is 0 Å². The second-order valence-corrected chi connectivity index (χ2v) is 10.9. The van der Waals surface area contributed by atoms with Crippen molar-refractivity contribution in [1.29, 1.82) is 0 Å². The van der Waals surface area contributed by atoms with Crippen LogP contribution in [0, 0.1) is 6.92 Å². The van der Waals surface area contributed by atoms with E-state index in [-0.39, 0.29) is 35.6 Å². The van der Waals surface area contributed by atoms with Crippen molar-refractivity contribution in [2.75, 3.05) is 26.9 Å². The number of rotatable bonds is 11. The third-order valence-corrected chi connectivity index (χ3v) is 7.27. The number of sulfone groups is 1. The van der Waals surface area contributed by atoms with Gasteiger partial charge in [0.25, 0.3) is 0 Å². The number of hydrogen-bond donors (Lipinski definition) is 1. The molecule has 0 spiro atoms. The highest BCUT2D eigenvalue weighted by molar-refractivity contribution is 7.90. The predicted molar refractivity (Wildman–Crippen MR) is 129 cm³/mol. The fourth-order valence-corrected chi connectivity index (χ4v) is 5.46. The topological polar surface area (TPSA) is 103 Å². The maximum absolute atomic E-state index is 13.3. The van der Waals surface area contributed by atoms with E-state index in [4.69, 9.17) is 9.47 Å². The van der Waals surface area contributed by atoms with Crippen molar-refractivity contribution in [3.05, 3.63) is 47.3 Å². The van der Waals surface area contributed by atoms with Gasteiger partial charge < -0.3 is 24.3 Å². The minimum Gasteiger partial charge on any atom is -0.383 e. The summed E-state index contributed by atoms with van der Waals surface area (Å²) in [7, 11) is -2.14. The van der Waals surface area contributed by atoms with Crippen LogP contribution in [0.2, 0.25) is 0 Å². The third kappa shape index (κ3) is 7.04. The standard InChI is InChI=1S/C24H36N4O5S/c1-18(2)26-23(29)27(16-22-6-5-12-33-22)15-21-14-25-24(28(21)11-13-32-4)34(30,31)17-20-9-7-19(3)8-10-20/h7-10,14,18,22H,5-6,11-13,15-17H2,1-4H3,(H,26,29). The Labute approximate surface area is 202 Å². The molecule has 2 heterocycles. The molecular weight excluding hydrogens is 456 g/mol. The zero-order valence-electron chi connectivity index (χ0n) is 20.5. The van der Waals surface area contributed by atoms with Gasteiger partial charge in [-0.15, -0.1) is 0 Å². The van der Waals surface area contributed by atoms with E-state index in [2.05, 4.69) is 10.3 Å². The fourth-order valence-electron chi connectivity index (χ4n) is 3.94. The summed E-state index contributed by atoms with van der Waals surface area (Å²) >= 11 is 0. The molecule has 0 saturated carbocycles. The van der Waals surface area contributed by atoms with Gasteiger partial charge in [0.15, 0.2) is 0 Å². The maximum atomic E-state index is 13.3. The van der Waals surface area contributed by atoms with Crippen LogP contribution in [0.1, 0.15) is 43.5 Å². The minimum absolute atomic E-state index is 0.0125. The number of nitrogens with zero attached hydrogens (tertiary/aromatic N) is 3. The molecule has 2 amide bonds. The minimum atomic E-state index is -3.71. The van der Waals surface area contributed by atoms with Crippen molar-refractivity contribution < 1.29 is 22.7 Å². The number of methoxy groups -OCH3 is 1. The van der Waals surface area contributed by atoms with E-state index in [1.165, 1.54) is 0 Å². The molecule has 34 heavy (non-hydrogen) atoms. The molecular formula is C24H36N4O5S. The Morgan fingerprint density at radius 2 is 2.06 bits per heavy atom. The van der Waals surface area contributed by atoms with Gasteiger partial charge in [-0.1, -0.05) is 29.8 Å². The SMILES string of the molecule is COCCn1c(CN(CC2CCCO2)C(=O)NC(C)C)cnc1S(=O)(=O)Cc1ccc(C)cc1. The Kier molecular flexibility index (Phi) is 9.10. The average molecular weight is 493 g/mol. The molecule has 0 radical (unpaired) electrons. The zero-order chi connectivity index (χ0) is 24.7. The highest BCUT2D eigenvalue weighted by Gasteiger charge is 2.28. The summed E-state index contributed by atoms with van der Waals surface area (Å²) < 4.78 is 39.2. The van der Waals surface area contributed by atoms with Gasteiger partial charge in [0, 0.05) is 32.8 Å². The lowest BCUT2D eigenvalue weighted by Crippen LogP contribution is -2.45. The molecule has 1 aliphatic rings. The molecule has 1 unspecified atom stereocenters. The average Bonchev–Trinajstić information content (AvgIpc) is 3.43. The summed E-state index contributed by atoms with van der Waals surface area (Å²) in [5, 5.41) is 2.92. The highest BCUT2D eigenvalue weighted by Crippen LogP contribution is 2.21. The molecule has 9 nitrogen and oxygen atoms in total. The van der Waals surface area contributed by atoms with Crippen LogP contribution in [0.3, 0.4) is 0 Å². The summed E-state index contributed by atoms with van der Waals surface area (Å²) in [5.41, 5.74) is 2.40. The molecule has 188 valence electrons. The second-order valence-electron chi connectivity index (χ2n) is 9.04. The first-order valence-electron chi connectivity index (χ1n) is 11.7. The van der Waals surface area contributed by atoms with E-state index in [1.807, 2.05) is 45.0 Å². The first-order chi connectivity index (χ1) is 16.2. The molecule has 0 aliphatic carbocycles. The molecule has 3 rings (SSSR count). The first kappa shape index (κ1) is 26.2. The van der Waals surface area contributed by atoms with Gasteiger partial charge in [-0.05, 0) is 39.2 Å². The van der Waals surface area contributed by atoms with E-state index >= 15 is 0 Å². The number of amides is 2. The van der Waals surface area contributed by atoms with Crippen LogP contribution in [0.15, 0.2) is 35.6 Å². The number of aromatic nitrogens is 2. The molecule has 1 fully saturated rings. The molecule has 1 N–H and O–H groups in total. The van der Waals surface area contributed by atoms with Crippen LogP contribution in [-0.2, 0) is 38.2 Å². The summed E-state index contributed by atoms with van der Waals surface area (Å²) in [6.45, 7) is 7.74. The van der Waals surface area contributed by atoms with E-state index in [9.17, 15) is 13.2 Å². The van der Waals surface area contributed by atoms with Crippen molar-refractivity contribution in [2.45, 2.75) is 69.8 Å². The molecule has 2 aromatic rings. The second kappa shape index (κ2) is 11.8. The van der Waals surface area contributed by atoms with Gasteiger partial charge >= 0.3 is 6.03 Å². The highest BCUT2D eigenvalue weighted by atomic mass is 32.2. The van der Waals surface area contributed by atoms with Gasteiger partial charge in [-0.2, -0.15) is 0 Å². The molecule has 1 aliphatic heterocycles. The number of aryl methyl sites for hydroxylation is 1. The third-order valence-electron chi connectivity index (χ3n) is 5.68. The van der Waals surface area contributed by atoms with Crippen LogP contribution in [0.5, 0.6) is 0 Å². The molecule has 1 aromatic carbocycles.